The van der Waals surface area contributed by atoms with Crippen LogP contribution in [0.2, 0.25) is 0 Å². The molecule has 0 fully saturated rings. The van der Waals surface area contributed by atoms with Crippen LogP contribution in [0.5, 0.6) is 0 Å². The number of fused-ring (bicyclic) bond motifs is 5. The van der Waals surface area contributed by atoms with Gasteiger partial charge in [-0.25, -0.2) is 0 Å². The Labute approximate surface area is 208 Å². The maximum atomic E-state index is 2.42. The van der Waals surface area contributed by atoms with Gasteiger partial charge in [-0.15, -0.1) is 0 Å². The van der Waals surface area contributed by atoms with Gasteiger partial charge in [-0.3, -0.25) is 0 Å². The molecule has 0 amide bonds. The minimum absolute atomic E-state index is 1.26. The number of hydrogen-bond acceptors (Lipinski definition) is 0. The molecule has 36 heavy (non-hydrogen) atoms. The summed E-state index contributed by atoms with van der Waals surface area (Å²) >= 11 is 0. The fourth-order valence-corrected chi connectivity index (χ4v) is 6.59. The number of hydrogen-bond donors (Lipinski definition) is 0. The summed E-state index contributed by atoms with van der Waals surface area (Å²) in [6.07, 6.45) is 0. The average molecular weight is 453 g/mol. The molecule has 0 aliphatic heterocycles. The molecule has 1 aliphatic rings. The molecular weight excluding hydrogens is 432 g/mol. The molecule has 8 aromatic carbocycles. The molecule has 0 radical (unpaired) electrons. The van der Waals surface area contributed by atoms with Crippen LogP contribution in [0.15, 0.2) is 121 Å². The molecule has 0 heteroatoms. The molecule has 0 aromatic heterocycles. The summed E-state index contributed by atoms with van der Waals surface area (Å²) < 4.78 is 0. The third kappa shape index (κ3) is 2.34. The van der Waals surface area contributed by atoms with Gasteiger partial charge < -0.3 is 0 Å². The maximum absolute atomic E-state index is 2.42. The largest absolute Gasteiger partial charge is 0.0622 e. The molecule has 0 unspecified atom stereocenters. The highest BCUT2D eigenvalue weighted by Gasteiger charge is 2.25. The van der Waals surface area contributed by atoms with E-state index in [1.165, 1.54) is 87.2 Å². The highest BCUT2D eigenvalue weighted by Crippen LogP contribution is 2.52. The van der Waals surface area contributed by atoms with Gasteiger partial charge in [0.15, 0.2) is 0 Å². The van der Waals surface area contributed by atoms with Crippen molar-refractivity contribution in [3.05, 3.63) is 121 Å². The second-order valence-corrected chi connectivity index (χ2v) is 10.2. The Morgan fingerprint density at radius 3 is 1.75 bits per heavy atom. The van der Waals surface area contributed by atoms with Gasteiger partial charge in [-0.2, -0.15) is 0 Å². The van der Waals surface area contributed by atoms with E-state index in [0.717, 1.165) is 0 Å². The lowest BCUT2D eigenvalue weighted by Crippen LogP contribution is -1.85. The van der Waals surface area contributed by atoms with E-state index in [0.29, 0.717) is 0 Å². The lowest BCUT2D eigenvalue weighted by molar-refractivity contribution is 1.65. The normalized spacial score (nSPS) is 12.4. The molecule has 0 heterocycles. The Hall–Kier alpha value is -4.68. The van der Waals surface area contributed by atoms with Crippen molar-refractivity contribution in [2.45, 2.75) is 0 Å². The Morgan fingerprint density at radius 2 is 0.889 bits per heavy atom. The van der Waals surface area contributed by atoms with Crippen LogP contribution in [-0.2, 0) is 0 Å². The Bertz CT molecular complexity index is 2180. The van der Waals surface area contributed by atoms with Gasteiger partial charge in [0.2, 0.25) is 0 Å². The lowest BCUT2D eigenvalue weighted by Gasteiger charge is -2.12. The maximum Gasteiger partial charge on any atom is -0.00137 e. The smallest absolute Gasteiger partial charge is 0.00137 e. The highest BCUT2D eigenvalue weighted by molar-refractivity contribution is 6.32. The Balaban J connectivity index is 1.35. The van der Waals surface area contributed by atoms with E-state index in [1.54, 1.807) is 0 Å². The quantitative estimate of drug-likeness (QED) is 0.172. The van der Waals surface area contributed by atoms with Gasteiger partial charge in [0, 0.05) is 0 Å². The number of rotatable bonds is 1. The highest BCUT2D eigenvalue weighted by atomic mass is 14.3. The Morgan fingerprint density at radius 1 is 0.250 bits per heavy atom. The molecule has 164 valence electrons. The van der Waals surface area contributed by atoms with E-state index >= 15 is 0 Å². The minimum atomic E-state index is 1.26. The van der Waals surface area contributed by atoms with Crippen LogP contribution < -0.4 is 0 Å². The fraction of sp³-hybridized carbons (Fsp3) is 0. The SMILES string of the molecule is c1ccc(-c2ccc3cc4cc5c(cc4cc3c2)-c2cc3cccc4ccc6ccc-5c2c6c43)cc1. The first kappa shape index (κ1) is 18.6. The van der Waals surface area contributed by atoms with Gasteiger partial charge in [0.25, 0.3) is 0 Å². The molecular formula is C36H20. The van der Waals surface area contributed by atoms with Crippen molar-refractivity contribution >= 4 is 53.9 Å². The van der Waals surface area contributed by atoms with Crippen molar-refractivity contribution in [2.24, 2.45) is 0 Å². The van der Waals surface area contributed by atoms with Gasteiger partial charge in [-0.05, 0) is 124 Å². The van der Waals surface area contributed by atoms with Gasteiger partial charge in [0.1, 0.15) is 0 Å². The summed E-state index contributed by atoms with van der Waals surface area (Å²) in [5, 5.41) is 13.4. The van der Waals surface area contributed by atoms with Gasteiger partial charge in [0.05, 0.1) is 0 Å². The topological polar surface area (TPSA) is 0 Å². The van der Waals surface area contributed by atoms with E-state index in [1.807, 2.05) is 0 Å². The zero-order valence-electron chi connectivity index (χ0n) is 19.5. The predicted molar refractivity (Wildman–Crippen MR) is 155 cm³/mol. The van der Waals surface area contributed by atoms with Crippen molar-refractivity contribution in [3.8, 4) is 33.4 Å². The third-order valence-corrected chi connectivity index (χ3v) is 8.25. The van der Waals surface area contributed by atoms with Crippen molar-refractivity contribution < 1.29 is 0 Å². The van der Waals surface area contributed by atoms with E-state index < -0.39 is 0 Å². The summed E-state index contributed by atoms with van der Waals surface area (Å²) in [6.45, 7) is 0. The van der Waals surface area contributed by atoms with Crippen LogP contribution in [0.4, 0.5) is 0 Å². The van der Waals surface area contributed by atoms with E-state index in [4.69, 9.17) is 0 Å². The molecule has 0 N–H and O–H groups in total. The van der Waals surface area contributed by atoms with Crippen molar-refractivity contribution in [3.63, 3.8) is 0 Å². The molecule has 0 nitrogen and oxygen atoms in total. The lowest BCUT2D eigenvalue weighted by atomic mass is 9.91. The van der Waals surface area contributed by atoms with Crippen LogP contribution in [0.3, 0.4) is 0 Å². The molecule has 0 saturated heterocycles. The third-order valence-electron chi connectivity index (χ3n) is 8.25. The molecule has 0 saturated carbocycles. The van der Waals surface area contributed by atoms with E-state index in [-0.39, 0.29) is 0 Å². The second-order valence-electron chi connectivity index (χ2n) is 10.2. The minimum Gasteiger partial charge on any atom is -0.0622 e. The van der Waals surface area contributed by atoms with Crippen LogP contribution in [0, 0.1) is 0 Å². The first-order chi connectivity index (χ1) is 17.8. The van der Waals surface area contributed by atoms with Crippen LogP contribution in [-0.4, -0.2) is 0 Å². The first-order valence-corrected chi connectivity index (χ1v) is 12.6. The molecule has 9 rings (SSSR count). The van der Waals surface area contributed by atoms with Crippen LogP contribution >= 0.6 is 0 Å². The van der Waals surface area contributed by atoms with Gasteiger partial charge in [-0.1, -0.05) is 84.9 Å². The number of benzene rings is 8. The summed E-state index contributed by atoms with van der Waals surface area (Å²) in [6, 6.07) is 45.3. The zero-order chi connectivity index (χ0) is 23.4. The zero-order valence-corrected chi connectivity index (χ0v) is 19.5. The summed E-state index contributed by atoms with van der Waals surface area (Å²) in [4.78, 5) is 0. The molecule has 0 atom stereocenters. The van der Waals surface area contributed by atoms with Crippen molar-refractivity contribution in [1.29, 1.82) is 0 Å². The second kappa shape index (κ2) is 6.50. The molecule has 8 aromatic rings. The summed E-state index contributed by atoms with van der Waals surface area (Å²) in [5.74, 6) is 0. The Kier molecular flexibility index (Phi) is 3.36. The average Bonchev–Trinajstić information content (AvgIpc) is 3.24. The summed E-state index contributed by atoms with van der Waals surface area (Å²) in [5.41, 5.74) is 7.97. The van der Waals surface area contributed by atoms with Crippen LogP contribution in [0.1, 0.15) is 0 Å². The van der Waals surface area contributed by atoms with Gasteiger partial charge >= 0.3 is 0 Å². The predicted octanol–water partition coefficient (Wildman–Crippen LogP) is 10.2. The fourth-order valence-electron chi connectivity index (χ4n) is 6.59. The summed E-state index contributed by atoms with van der Waals surface area (Å²) in [7, 11) is 0. The van der Waals surface area contributed by atoms with Crippen molar-refractivity contribution in [1.82, 2.24) is 0 Å². The first-order valence-electron chi connectivity index (χ1n) is 12.6. The van der Waals surface area contributed by atoms with Crippen LogP contribution in [0.25, 0.3) is 87.2 Å². The van der Waals surface area contributed by atoms with E-state index in [9.17, 15) is 0 Å². The monoisotopic (exact) mass is 452 g/mol. The molecule has 1 aliphatic carbocycles. The molecule has 0 spiro atoms. The van der Waals surface area contributed by atoms with E-state index in [2.05, 4.69) is 121 Å². The van der Waals surface area contributed by atoms with Crippen molar-refractivity contribution in [2.75, 3.05) is 0 Å². The standard InChI is InChI=1S/C36H20/c1-2-5-21(6-3-1)24-11-12-25-16-28-19-31-30-14-13-23-10-9-22-7-4-8-26-18-33(36(30)35(23)34(22)26)32(31)20-29(28)17-27(25)15-24/h1-20H. The molecule has 0 bridgehead atoms.